The van der Waals surface area contributed by atoms with Gasteiger partial charge in [-0.05, 0) is 12.1 Å². The van der Waals surface area contributed by atoms with Crippen LogP contribution in [0, 0.1) is 5.92 Å². The molecule has 0 aliphatic carbocycles. The molecule has 3 rings (SSSR count). The molecule has 1 atom stereocenters. The largest absolute Gasteiger partial charge is 0.383 e. The Kier molecular flexibility index (Phi) is 4.08. The Morgan fingerprint density at radius 1 is 1.45 bits per heavy atom. The predicted octanol–water partition coefficient (Wildman–Crippen LogP) is 1.57. The number of carbonyl (C=O) groups is 1. The van der Waals surface area contributed by atoms with E-state index in [0.717, 1.165) is 21.5 Å². The van der Waals surface area contributed by atoms with Crippen molar-refractivity contribution in [1.29, 1.82) is 0 Å². The molecule has 1 aliphatic rings. The number of aromatic nitrogens is 1. The summed E-state index contributed by atoms with van der Waals surface area (Å²) in [6.45, 7) is 2.99. The molecule has 6 nitrogen and oxygen atoms in total. The van der Waals surface area contributed by atoms with E-state index in [-0.39, 0.29) is 16.7 Å². The molecule has 0 spiro atoms. The summed E-state index contributed by atoms with van der Waals surface area (Å²) >= 11 is 1.23. The molecule has 7 heteroatoms. The van der Waals surface area contributed by atoms with E-state index in [4.69, 9.17) is 4.74 Å². The van der Waals surface area contributed by atoms with Crippen molar-refractivity contribution in [3.05, 3.63) is 33.4 Å². The zero-order valence-corrected chi connectivity index (χ0v) is 13.3. The fourth-order valence-electron chi connectivity index (χ4n) is 2.62. The number of thiazole rings is 1. The number of benzene rings is 1. The van der Waals surface area contributed by atoms with E-state index in [1.807, 2.05) is 25.1 Å². The number of hydrogen-bond acceptors (Lipinski definition) is 5. The summed E-state index contributed by atoms with van der Waals surface area (Å²) in [6, 6.07) is 5.85. The third kappa shape index (κ3) is 2.69. The molecule has 0 fully saturated rings. The summed E-state index contributed by atoms with van der Waals surface area (Å²) in [5.41, 5.74) is 5.19. The molecule has 1 amide bonds. The number of fused-ring (bicyclic) bond motifs is 1. The molecule has 1 aromatic heterocycles. The van der Waals surface area contributed by atoms with Crippen molar-refractivity contribution >= 4 is 33.2 Å². The molecule has 0 radical (unpaired) electrons. The lowest BCUT2D eigenvalue weighted by molar-refractivity contribution is -0.121. The minimum absolute atomic E-state index is 0.0103. The average molecular weight is 319 g/mol. The maximum absolute atomic E-state index is 12.1. The summed E-state index contributed by atoms with van der Waals surface area (Å²) < 4.78 is 7.73. The number of hydrazone groups is 1. The van der Waals surface area contributed by atoms with Gasteiger partial charge in [0.2, 0.25) is 5.91 Å². The van der Waals surface area contributed by atoms with E-state index in [1.54, 1.807) is 11.7 Å². The Morgan fingerprint density at radius 3 is 3.00 bits per heavy atom. The SMILES string of the molecule is COCCn1c(=O)sc2ccc(C3=NNC(=O)CC3C)cc21. The summed E-state index contributed by atoms with van der Waals surface area (Å²) in [7, 11) is 1.62. The number of amides is 1. The van der Waals surface area contributed by atoms with Crippen molar-refractivity contribution in [2.45, 2.75) is 19.9 Å². The second-order valence-corrected chi connectivity index (χ2v) is 6.33. The Labute approximate surface area is 131 Å². The standard InChI is InChI=1S/C15H17N3O3S/c1-9-7-13(19)16-17-14(9)10-3-4-12-11(8-10)18(5-6-21-2)15(20)22-12/h3-4,8-9H,5-7H2,1-2H3,(H,16,19). The van der Waals surface area contributed by atoms with Crippen LogP contribution in [0.4, 0.5) is 0 Å². The van der Waals surface area contributed by atoms with Crippen molar-refractivity contribution in [3.8, 4) is 0 Å². The molecule has 0 saturated heterocycles. The smallest absolute Gasteiger partial charge is 0.308 e. The molecule has 116 valence electrons. The first-order valence-corrected chi connectivity index (χ1v) is 7.91. The topological polar surface area (TPSA) is 72.7 Å². The van der Waals surface area contributed by atoms with Crippen molar-refractivity contribution in [2.24, 2.45) is 11.0 Å². The normalized spacial score (nSPS) is 18.4. The summed E-state index contributed by atoms with van der Waals surface area (Å²) in [6.07, 6.45) is 0.428. The lowest BCUT2D eigenvalue weighted by Crippen LogP contribution is -2.31. The van der Waals surface area contributed by atoms with Gasteiger partial charge in [0.05, 0.1) is 29.1 Å². The number of nitrogens with zero attached hydrogens (tertiary/aromatic N) is 2. The first kappa shape index (κ1) is 14.9. The lowest BCUT2D eigenvalue weighted by Gasteiger charge is -2.19. The highest BCUT2D eigenvalue weighted by atomic mass is 32.1. The van der Waals surface area contributed by atoms with Gasteiger partial charge in [0.15, 0.2) is 0 Å². The van der Waals surface area contributed by atoms with E-state index >= 15 is 0 Å². The number of rotatable bonds is 4. The average Bonchev–Trinajstić information content (AvgIpc) is 2.80. The highest BCUT2D eigenvalue weighted by Crippen LogP contribution is 2.23. The van der Waals surface area contributed by atoms with Gasteiger partial charge in [0.25, 0.3) is 0 Å². The molecule has 2 aromatic rings. The maximum atomic E-state index is 12.1. The molecule has 2 heterocycles. The van der Waals surface area contributed by atoms with E-state index in [9.17, 15) is 9.59 Å². The summed E-state index contributed by atoms with van der Waals surface area (Å²) in [4.78, 5) is 23.5. The molecule has 1 aliphatic heterocycles. The summed E-state index contributed by atoms with van der Waals surface area (Å²) in [5, 5.41) is 4.18. The van der Waals surface area contributed by atoms with Crippen LogP contribution < -0.4 is 10.3 Å². The fraction of sp³-hybridized carbons (Fsp3) is 0.400. The first-order chi connectivity index (χ1) is 10.6. The first-order valence-electron chi connectivity index (χ1n) is 7.09. The minimum atomic E-state index is -0.0649. The summed E-state index contributed by atoms with van der Waals surface area (Å²) in [5.74, 6) is -0.00570. The molecular formula is C15H17N3O3S. The van der Waals surface area contributed by atoms with Gasteiger partial charge in [-0.2, -0.15) is 5.10 Å². The zero-order valence-electron chi connectivity index (χ0n) is 12.5. The highest BCUT2D eigenvalue weighted by molar-refractivity contribution is 7.16. The fourth-order valence-corrected chi connectivity index (χ4v) is 3.52. The van der Waals surface area contributed by atoms with Crippen LogP contribution in [0.3, 0.4) is 0 Å². The van der Waals surface area contributed by atoms with Crippen LogP contribution >= 0.6 is 11.3 Å². The molecular weight excluding hydrogens is 302 g/mol. The minimum Gasteiger partial charge on any atom is -0.383 e. The number of nitrogens with one attached hydrogen (secondary N) is 1. The van der Waals surface area contributed by atoms with Gasteiger partial charge in [0.1, 0.15) is 0 Å². The molecule has 22 heavy (non-hydrogen) atoms. The van der Waals surface area contributed by atoms with Crippen LogP contribution in [0.2, 0.25) is 0 Å². The predicted molar refractivity (Wildman–Crippen MR) is 86.4 cm³/mol. The van der Waals surface area contributed by atoms with Crippen molar-refractivity contribution < 1.29 is 9.53 Å². The van der Waals surface area contributed by atoms with Gasteiger partial charge in [-0.15, -0.1) is 0 Å². The number of hydrogen-bond donors (Lipinski definition) is 1. The monoisotopic (exact) mass is 319 g/mol. The quantitative estimate of drug-likeness (QED) is 0.930. The second kappa shape index (κ2) is 6.02. The van der Waals surface area contributed by atoms with E-state index in [1.165, 1.54) is 11.3 Å². The van der Waals surface area contributed by atoms with Crippen molar-refractivity contribution in [3.63, 3.8) is 0 Å². The molecule has 1 N–H and O–H groups in total. The van der Waals surface area contributed by atoms with Crippen LogP contribution in [-0.2, 0) is 16.1 Å². The van der Waals surface area contributed by atoms with Crippen LogP contribution in [0.5, 0.6) is 0 Å². The number of carbonyl (C=O) groups excluding carboxylic acids is 1. The van der Waals surface area contributed by atoms with Gasteiger partial charge < -0.3 is 4.74 Å². The zero-order chi connectivity index (χ0) is 15.7. The van der Waals surface area contributed by atoms with E-state index in [2.05, 4.69) is 10.5 Å². The van der Waals surface area contributed by atoms with Crippen molar-refractivity contribution in [1.82, 2.24) is 9.99 Å². The molecule has 1 unspecified atom stereocenters. The second-order valence-electron chi connectivity index (χ2n) is 5.33. The Bertz CT molecular complexity index is 806. The highest BCUT2D eigenvalue weighted by Gasteiger charge is 2.22. The molecule has 0 saturated carbocycles. The van der Waals surface area contributed by atoms with Crippen LogP contribution in [-0.4, -0.2) is 29.9 Å². The lowest BCUT2D eigenvalue weighted by atomic mass is 9.94. The van der Waals surface area contributed by atoms with Gasteiger partial charge in [-0.25, -0.2) is 5.43 Å². The molecule has 1 aromatic carbocycles. The third-order valence-electron chi connectivity index (χ3n) is 3.74. The third-order valence-corrected chi connectivity index (χ3v) is 4.70. The van der Waals surface area contributed by atoms with E-state index in [0.29, 0.717) is 19.6 Å². The maximum Gasteiger partial charge on any atom is 0.308 e. The van der Waals surface area contributed by atoms with E-state index < -0.39 is 0 Å². The van der Waals surface area contributed by atoms with Gasteiger partial charge in [0, 0.05) is 25.0 Å². The Balaban J connectivity index is 2.05. The van der Waals surface area contributed by atoms with Crippen LogP contribution in [0.15, 0.2) is 28.1 Å². The van der Waals surface area contributed by atoms with Crippen molar-refractivity contribution in [2.75, 3.05) is 13.7 Å². The van der Waals surface area contributed by atoms with Crippen LogP contribution in [0.1, 0.15) is 18.9 Å². The number of methoxy groups -OCH3 is 1. The Hall–Kier alpha value is -1.99. The Morgan fingerprint density at radius 2 is 2.27 bits per heavy atom. The molecule has 0 bridgehead atoms. The van der Waals surface area contributed by atoms with Gasteiger partial charge in [-0.3, -0.25) is 14.2 Å². The number of ether oxygens (including phenoxy) is 1. The van der Waals surface area contributed by atoms with Gasteiger partial charge in [-0.1, -0.05) is 24.3 Å². The van der Waals surface area contributed by atoms with Gasteiger partial charge >= 0.3 is 4.87 Å². The van der Waals surface area contributed by atoms with Crippen LogP contribution in [0.25, 0.3) is 10.2 Å².